The Labute approximate surface area is 190 Å². The third-order valence-electron chi connectivity index (χ3n) is 5.32. The smallest absolute Gasteiger partial charge is 0.268 e. The Morgan fingerprint density at radius 3 is 2.70 bits per heavy atom. The predicted molar refractivity (Wildman–Crippen MR) is 123 cm³/mol. The van der Waals surface area contributed by atoms with Gasteiger partial charge in [0, 0.05) is 29.9 Å². The van der Waals surface area contributed by atoms with E-state index in [0.29, 0.717) is 28.5 Å². The van der Waals surface area contributed by atoms with Crippen LogP contribution >= 0.6 is 0 Å². The molecule has 1 atom stereocenters. The zero-order valence-corrected chi connectivity index (χ0v) is 18.8. The first-order chi connectivity index (χ1) is 15.9. The Morgan fingerprint density at radius 1 is 1.18 bits per heavy atom. The lowest BCUT2D eigenvalue weighted by atomic mass is 10.1. The minimum Gasteiger partial charge on any atom is -0.415 e. The largest absolute Gasteiger partial charge is 0.415 e. The van der Waals surface area contributed by atoms with Gasteiger partial charge < -0.3 is 9.73 Å². The van der Waals surface area contributed by atoms with E-state index in [1.807, 2.05) is 33.0 Å². The monoisotopic (exact) mass is 441 g/mol. The summed E-state index contributed by atoms with van der Waals surface area (Å²) in [7, 11) is 1.91. The maximum atomic E-state index is 12.1. The fourth-order valence-corrected chi connectivity index (χ4v) is 3.52. The quantitative estimate of drug-likeness (QED) is 0.483. The van der Waals surface area contributed by atoms with Gasteiger partial charge in [-0.25, -0.2) is 4.98 Å². The van der Waals surface area contributed by atoms with Gasteiger partial charge in [-0.1, -0.05) is 12.1 Å². The Kier molecular flexibility index (Phi) is 6.11. The van der Waals surface area contributed by atoms with Crippen LogP contribution in [0, 0.1) is 25.2 Å². The fraction of sp³-hybridized carbons (Fsp3) is 0.250. The first-order valence-electron chi connectivity index (χ1n) is 10.5. The number of rotatable bonds is 6. The summed E-state index contributed by atoms with van der Waals surface area (Å²) in [5, 5.41) is 20.8. The first kappa shape index (κ1) is 22.0. The minimum absolute atomic E-state index is 0.259. The van der Waals surface area contributed by atoms with E-state index >= 15 is 0 Å². The molecule has 1 N–H and O–H groups in total. The van der Waals surface area contributed by atoms with Crippen LogP contribution in [0.15, 0.2) is 51.9 Å². The second kappa shape index (κ2) is 9.14. The van der Waals surface area contributed by atoms with Crippen LogP contribution < -0.4 is 10.9 Å². The van der Waals surface area contributed by atoms with Crippen molar-refractivity contribution >= 4 is 0 Å². The number of pyridine rings is 1. The van der Waals surface area contributed by atoms with E-state index < -0.39 is 6.04 Å². The van der Waals surface area contributed by atoms with Gasteiger partial charge in [0.2, 0.25) is 5.89 Å². The van der Waals surface area contributed by atoms with Gasteiger partial charge in [-0.2, -0.15) is 5.26 Å². The molecule has 3 heterocycles. The molecule has 1 unspecified atom stereocenters. The van der Waals surface area contributed by atoms with E-state index in [-0.39, 0.29) is 11.4 Å². The van der Waals surface area contributed by atoms with Crippen molar-refractivity contribution in [2.45, 2.75) is 33.4 Å². The molecule has 4 rings (SSSR count). The SMILES string of the molecule is CNCc1ccc(-c2nnc(-c3nc(-c4ccc(=O)n(C(C)C#N)c4)cnc3C)o2)c(C)c1. The molecule has 0 saturated heterocycles. The van der Waals surface area contributed by atoms with E-state index in [1.54, 1.807) is 25.4 Å². The predicted octanol–water partition coefficient (Wildman–Crippen LogP) is 3.44. The van der Waals surface area contributed by atoms with Crippen molar-refractivity contribution in [3.05, 3.63) is 69.9 Å². The van der Waals surface area contributed by atoms with Gasteiger partial charge in [0.25, 0.3) is 11.4 Å². The molecular formula is C24H23N7O2. The van der Waals surface area contributed by atoms with Crippen molar-refractivity contribution in [2.75, 3.05) is 7.05 Å². The summed E-state index contributed by atoms with van der Waals surface area (Å²) >= 11 is 0. The van der Waals surface area contributed by atoms with Crippen LogP contribution in [0.1, 0.15) is 29.8 Å². The molecule has 0 aliphatic heterocycles. The summed E-state index contributed by atoms with van der Waals surface area (Å²) < 4.78 is 7.33. The van der Waals surface area contributed by atoms with Crippen molar-refractivity contribution in [3.8, 4) is 40.4 Å². The average Bonchev–Trinajstić information content (AvgIpc) is 3.29. The molecular weight excluding hydrogens is 418 g/mol. The molecule has 0 saturated carbocycles. The van der Waals surface area contributed by atoms with Crippen LogP contribution in [0.2, 0.25) is 0 Å². The van der Waals surface area contributed by atoms with Crippen LogP contribution in [0.3, 0.4) is 0 Å². The molecule has 0 radical (unpaired) electrons. The summed E-state index contributed by atoms with van der Waals surface area (Å²) in [5.41, 5.74) is 5.07. The molecule has 166 valence electrons. The molecule has 0 aliphatic carbocycles. The standard InChI is InChI=1S/C24H23N7O2/c1-14-9-17(11-26-4)5-7-19(14)23-29-30-24(33-23)22-16(3)27-12-20(28-22)18-6-8-21(32)31(13-18)15(2)10-25/h5-9,12-13,15,26H,11H2,1-4H3. The lowest BCUT2D eigenvalue weighted by Crippen LogP contribution is -2.21. The van der Waals surface area contributed by atoms with E-state index in [2.05, 4.69) is 37.6 Å². The molecule has 0 fully saturated rings. The number of benzene rings is 1. The van der Waals surface area contributed by atoms with Crippen molar-refractivity contribution in [2.24, 2.45) is 0 Å². The van der Waals surface area contributed by atoms with Crippen LogP contribution in [0.4, 0.5) is 0 Å². The number of hydrogen-bond donors (Lipinski definition) is 1. The van der Waals surface area contributed by atoms with Crippen molar-refractivity contribution < 1.29 is 4.42 Å². The highest BCUT2D eigenvalue weighted by Crippen LogP contribution is 2.28. The highest BCUT2D eigenvalue weighted by molar-refractivity contribution is 5.64. The average molecular weight is 441 g/mol. The third-order valence-corrected chi connectivity index (χ3v) is 5.32. The van der Waals surface area contributed by atoms with Gasteiger partial charge in [-0.15, -0.1) is 10.2 Å². The summed E-state index contributed by atoms with van der Waals surface area (Å²) in [6.07, 6.45) is 3.22. The summed E-state index contributed by atoms with van der Waals surface area (Å²) in [4.78, 5) is 21.2. The maximum absolute atomic E-state index is 12.1. The van der Waals surface area contributed by atoms with Crippen molar-refractivity contribution in [1.82, 2.24) is 30.0 Å². The highest BCUT2D eigenvalue weighted by atomic mass is 16.4. The summed E-state index contributed by atoms with van der Waals surface area (Å²) in [6.45, 7) is 6.25. The number of nitrogens with one attached hydrogen (secondary N) is 1. The molecule has 0 bridgehead atoms. The number of nitriles is 1. The number of hydrogen-bond acceptors (Lipinski definition) is 8. The van der Waals surface area contributed by atoms with Gasteiger partial charge in [0.15, 0.2) is 0 Å². The summed E-state index contributed by atoms with van der Waals surface area (Å²) in [6, 6.07) is 10.6. The van der Waals surface area contributed by atoms with Crippen LogP contribution in [-0.2, 0) is 6.54 Å². The van der Waals surface area contributed by atoms with Crippen LogP contribution in [-0.4, -0.2) is 31.8 Å². The van der Waals surface area contributed by atoms with Crippen molar-refractivity contribution in [1.29, 1.82) is 5.26 Å². The zero-order valence-electron chi connectivity index (χ0n) is 18.8. The molecule has 9 nitrogen and oxygen atoms in total. The van der Waals surface area contributed by atoms with Gasteiger partial charge in [-0.05, 0) is 51.1 Å². The van der Waals surface area contributed by atoms with Crippen LogP contribution in [0.5, 0.6) is 0 Å². The normalized spacial score (nSPS) is 11.8. The summed E-state index contributed by atoms with van der Waals surface area (Å²) in [5.74, 6) is 0.663. The lowest BCUT2D eigenvalue weighted by molar-refractivity contribution is 0.580. The lowest BCUT2D eigenvalue weighted by Gasteiger charge is -2.10. The molecule has 9 heteroatoms. The van der Waals surface area contributed by atoms with Gasteiger partial charge in [0.05, 0.1) is 23.7 Å². The Bertz CT molecular complexity index is 1420. The third kappa shape index (κ3) is 4.42. The molecule has 0 aliphatic rings. The number of aryl methyl sites for hydroxylation is 2. The zero-order chi connectivity index (χ0) is 23.5. The number of aromatic nitrogens is 5. The molecule has 0 spiro atoms. The Balaban J connectivity index is 1.71. The molecule has 0 amide bonds. The number of nitrogens with zero attached hydrogens (tertiary/aromatic N) is 6. The topological polar surface area (TPSA) is 123 Å². The minimum atomic E-state index is -0.600. The highest BCUT2D eigenvalue weighted by Gasteiger charge is 2.18. The molecule has 4 aromatic rings. The van der Waals surface area contributed by atoms with E-state index in [9.17, 15) is 10.1 Å². The van der Waals surface area contributed by atoms with Gasteiger partial charge >= 0.3 is 0 Å². The van der Waals surface area contributed by atoms with E-state index in [1.165, 1.54) is 16.2 Å². The second-order valence-electron chi connectivity index (χ2n) is 7.75. The van der Waals surface area contributed by atoms with Gasteiger partial charge in [0.1, 0.15) is 11.7 Å². The Hall–Kier alpha value is -4.16. The molecule has 3 aromatic heterocycles. The van der Waals surface area contributed by atoms with E-state index in [0.717, 1.165) is 17.7 Å². The van der Waals surface area contributed by atoms with E-state index in [4.69, 9.17) is 4.42 Å². The maximum Gasteiger partial charge on any atom is 0.268 e. The second-order valence-corrected chi connectivity index (χ2v) is 7.75. The molecule has 1 aromatic carbocycles. The van der Waals surface area contributed by atoms with Crippen LogP contribution in [0.25, 0.3) is 34.3 Å². The van der Waals surface area contributed by atoms with Gasteiger partial charge in [-0.3, -0.25) is 14.3 Å². The Morgan fingerprint density at radius 2 is 1.97 bits per heavy atom. The fourth-order valence-electron chi connectivity index (χ4n) is 3.52. The molecule has 33 heavy (non-hydrogen) atoms. The van der Waals surface area contributed by atoms with Crippen molar-refractivity contribution in [3.63, 3.8) is 0 Å². The first-order valence-corrected chi connectivity index (χ1v) is 10.5.